The molecule has 1 N–H and O–H groups in total. The molecule has 134 valence electrons. The van der Waals surface area contributed by atoms with Gasteiger partial charge in [-0.1, -0.05) is 41.9 Å². The van der Waals surface area contributed by atoms with Crippen LogP contribution >= 0.6 is 11.6 Å². The van der Waals surface area contributed by atoms with Crippen LogP contribution in [-0.2, 0) is 14.3 Å². The molecular formula is C18H15ClN2O5. The molecule has 0 heterocycles. The van der Waals surface area contributed by atoms with Gasteiger partial charge in [0.15, 0.2) is 0 Å². The average Bonchev–Trinajstić information content (AvgIpc) is 3.47. The highest BCUT2D eigenvalue weighted by Gasteiger charge is 2.35. The molecule has 3 rings (SSSR count). The third-order valence-corrected chi connectivity index (χ3v) is 4.22. The van der Waals surface area contributed by atoms with Crippen molar-refractivity contribution in [3.63, 3.8) is 0 Å². The van der Waals surface area contributed by atoms with Crippen molar-refractivity contribution in [1.82, 2.24) is 0 Å². The number of anilines is 1. The summed E-state index contributed by atoms with van der Waals surface area (Å²) in [5, 5.41) is 13.4. The van der Waals surface area contributed by atoms with E-state index < -0.39 is 22.9 Å². The van der Waals surface area contributed by atoms with Crippen LogP contribution in [0.2, 0.25) is 5.02 Å². The first-order valence-corrected chi connectivity index (χ1v) is 8.34. The summed E-state index contributed by atoms with van der Waals surface area (Å²) in [6.07, 6.45) is 0.391. The zero-order chi connectivity index (χ0) is 18.7. The highest BCUT2D eigenvalue weighted by atomic mass is 35.5. The number of carbonyl (C=O) groups excluding carboxylic acids is 2. The van der Waals surface area contributed by atoms with E-state index in [0.717, 1.165) is 18.9 Å². The Morgan fingerprint density at radius 3 is 2.46 bits per heavy atom. The number of non-ortho nitro benzene ring substituents is 1. The summed E-state index contributed by atoms with van der Waals surface area (Å²) in [7, 11) is 0. The number of ether oxygens (including phenoxy) is 1. The van der Waals surface area contributed by atoms with Crippen molar-refractivity contribution in [3.05, 3.63) is 69.2 Å². The number of nitrogens with one attached hydrogen (secondary N) is 1. The second kappa shape index (κ2) is 7.53. The Morgan fingerprint density at radius 1 is 1.19 bits per heavy atom. The molecule has 1 saturated carbocycles. The van der Waals surface area contributed by atoms with Gasteiger partial charge in [-0.05, 0) is 18.9 Å². The standard InChI is InChI=1S/C18H15ClN2O5/c19-14-10-13(21(24)25)8-9-15(14)20-17(22)16(11-4-2-1-3-5-11)26-18(23)12-6-7-12/h1-5,8-10,12,16H,6-7H2,(H,20,22). The summed E-state index contributed by atoms with van der Waals surface area (Å²) in [6, 6.07) is 12.3. The lowest BCUT2D eigenvalue weighted by molar-refractivity contribution is -0.384. The van der Waals surface area contributed by atoms with Gasteiger partial charge in [0, 0.05) is 17.7 Å². The topological polar surface area (TPSA) is 98.5 Å². The maximum atomic E-state index is 12.7. The average molecular weight is 375 g/mol. The van der Waals surface area contributed by atoms with Crippen LogP contribution in [0, 0.1) is 16.0 Å². The predicted molar refractivity (Wildman–Crippen MR) is 94.7 cm³/mol. The Bertz CT molecular complexity index is 852. The van der Waals surface area contributed by atoms with E-state index in [9.17, 15) is 19.7 Å². The number of amides is 1. The first-order chi connectivity index (χ1) is 12.5. The lowest BCUT2D eigenvalue weighted by Crippen LogP contribution is -2.26. The van der Waals surface area contributed by atoms with Gasteiger partial charge in [-0.25, -0.2) is 0 Å². The Morgan fingerprint density at radius 2 is 1.88 bits per heavy atom. The zero-order valence-corrected chi connectivity index (χ0v) is 14.3. The minimum Gasteiger partial charge on any atom is -0.447 e. The number of nitro groups is 1. The normalized spacial score (nSPS) is 14.3. The Balaban J connectivity index is 1.81. The first kappa shape index (κ1) is 17.9. The Kier molecular flexibility index (Phi) is 5.18. The second-order valence-corrected chi connectivity index (χ2v) is 6.32. The number of nitro benzene ring substituents is 1. The minimum atomic E-state index is -1.13. The molecule has 1 atom stereocenters. The molecule has 0 radical (unpaired) electrons. The molecule has 2 aromatic carbocycles. The molecule has 26 heavy (non-hydrogen) atoms. The van der Waals surface area contributed by atoms with Crippen molar-refractivity contribution >= 4 is 34.9 Å². The van der Waals surface area contributed by atoms with Gasteiger partial charge in [-0.2, -0.15) is 0 Å². The third kappa shape index (κ3) is 4.18. The van der Waals surface area contributed by atoms with Crippen LogP contribution in [0.4, 0.5) is 11.4 Å². The molecule has 7 nitrogen and oxygen atoms in total. The molecular weight excluding hydrogens is 360 g/mol. The second-order valence-electron chi connectivity index (χ2n) is 5.91. The molecule has 0 bridgehead atoms. The van der Waals surface area contributed by atoms with Crippen molar-refractivity contribution in [3.8, 4) is 0 Å². The highest BCUT2D eigenvalue weighted by molar-refractivity contribution is 6.34. The van der Waals surface area contributed by atoms with Crippen LogP contribution in [-0.4, -0.2) is 16.8 Å². The van der Waals surface area contributed by atoms with Gasteiger partial charge < -0.3 is 10.1 Å². The quantitative estimate of drug-likeness (QED) is 0.470. The summed E-state index contributed by atoms with van der Waals surface area (Å²) in [5.41, 5.74) is 0.537. The fourth-order valence-corrected chi connectivity index (χ4v) is 2.57. The van der Waals surface area contributed by atoms with Gasteiger partial charge in [0.2, 0.25) is 6.10 Å². The van der Waals surface area contributed by atoms with Crippen molar-refractivity contribution in [2.24, 2.45) is 5.92 Å². The Hall–Kier alpha value is -2.93. The summed E-state index contributed by atoms with van der Waals surface area (Å²) in [4.78, 5) is 34.9. The van der Waals surface area contributed by atoms with Gasteiger partial charge in [-0.3, -0.25) is 19.7 Å². The van der Waals surface area contributed by atoms with E-state index in [4.69, 9.17) is 16.3 Å². The molecule has 0 spiro atoms. The van der Waals surface area contributed by atoms with Crippen LogP contribution in [0.15, 0.2) is 48.5 Å². The number of hydrogen-bond acceptors (Lipinski definition) is 5. The lowest BCUT2D eigenvalue weighted by atomic mass is 10.1. The summed E-state index contributed by atoms with van der Waals surface area (Å²) >= 11 is 6.01. The summed E-state index contributed by atoms with van der Waals surface area (Å²) in [5.74, 6) is -1.15. The van der Waals surface area contributed by atoms with Gasteiger partial charge >= 0.3 is 5.97 Å². The van der Waals surface area contributed by atoms with Gasteiger partial charge in [0.25, 0.3) is 11.6 Å². The van der Waals surface area contributed by atoms with Crippen molar-refractivity contribution in [2.45, 2.75) is 18.9 Å². The van der Waals surface area contributed by atoms with E-state index in [2.05, 4.69) is 5.32 Å². The first-order valence-electron chi connectivity index (χ1n) is 7.96. The molecule has 1 aliphatic rings. The number of nitrogens with zero attached hydrogens (tertiary/aromatic N) is 1. The van der Waals surface area contributed by atoms with Gasteiger partial charge in [0.05, 0.1) is 21.6 Å². The van der Waals surface area contributed by atoms with Gasteiger partial charge in [-0.15, -0.1) is 0 Å². The minimum absolute atomic E-state index is 0.0212. The number of esters is 1. The number of rotatable bonds is 6. The molecule has 1 unspecified atom stereocenters. The third-order valence-electron chi connectivity index (χ3n) is 3.91. The van der Waals surface area contributed by atoms with Crippen molar-refractivity contribution in [2.75, 3.05) is 5.32 Å². The van der Waals surface area contributed by atoms with E-state index in [1.165, 1.54) is 12.1 Å². The lowest BCUT2D eigenvalue weighted by Gasteiger charge is -2.18. The van der Waals surface area contributed by atoms with Crippen LogP contribution in [0.5, 0.6) is 0 Å². The number of halogens is 1. The molecule has 2 aromatic rings. The van der Waals surface area contributed by atoms with Crippen molar-refractivity contribution in [1.29, 1.82) is 0 Å². The van der Waals surface area contributed by atoms with Crippen LogP contribution in [0.1, 0.15) is 24.5 Å². The van der Waals surface area contributed by atoms with Crippen LogP contribution in [0.25, 0.3) is 0 Å². The fraction of sp³-hybridized carbons (Fsp3) is 0.222. The maximum absolute atomic E-state index is 12.7. The van der Waals surface area contributed by atoms with E-state index in [1.807, 2.05) is 0 Å². The molecule has 1 amide bonds. The van der Waals surface area contributed by atoms with Gasteiger partial charge in [0.1, 0.15) is 0 Å². The predicted octanol–water partition coefficient (Wildman–Crippen LogP) is 3.88. The molecule has 0 aromatic heterocycles. The smallest absolute Gasteiger partial charge is 0.310 e. The monoisotopic (exact) mass is 374 g/mol. The number of carbonyl (C=O) groups is 2. The largest absolute Gasteiger partial charge is 0.447 e. The van der Waals surface area contributed by atoms with E-state index in [-0.39, 0.29) is 22.3 Å². The molecule has 0 aliphatic heterocycles. The molecule has 1 aliphatic carbocycles. The molecule has 1 fully saturated rings. The SMILES string of the molecule is O=C(OC(C(=O)Nc1ccc([N+](=O)[O-])cc1Cl)c1ccccc1)C1CC1. The van der Waals surface area contributed by atoms with Crippen molar-refractivity contribution < 1.29 is 19.2 Å². The summed E-state index contributed by atoms with van der Waals surface area (Å²) < 4.78 is 5.39. The number of hydrogen-bond donors (Lipinski definition) is 1. The molecule has 8 heteroatoms. The van der Waals surface area contributed by atoms with Crippen LogP contribution < -0.4 is 5.32 Å². The van der Waals surface area contributed by atoms with E-state index in [1.54, 1.807) is 30.3 Å². The molecule has 0 saturated heterocycles. The van der Waals surface area contributed by atoms with Crippen LogP contribution in [0.3, 0.4) is 0 Å². The Labute approximate surface area is 154 Å². The number of benzene rings is 2. The fourth-order valence-electron chi connectivity index (χ4n) is 2.35. The highest BCUT2D eigenvalue weighted by Crippen LogP contribution is 2.33. The summed E-state index contributed by atoms with van der Waals surface area (Å²) in [6.45, 7) is 0. The van der Waals surface area contributed by atoms with E-state index >= 15 is 0 Å². The maximum Gasteiger partial charge on any atom is 0.310 e. The van der Waals surface area contributed by atoms with E-state index in [0.29, 0.717) is 5.56 Å². The zero-order valence-electron chi connectivity index (χ0n) is 13.6.